The molecule has 0 saturated heterocycles. The summed E-state index contributed by atoms with van der Waals surface area (Å²) in [6.45, 7) is 1.26. The molecule has 2 aromatic rings. The summed E-state index contributed by atoms with van der Waals surface area (Å²) in [4.78, 5) is 33.5. The van der Waals surface area contributed by atoms with Crippen LogP contribution in [0.5, 0.6) is 0 Å². The first-order valence-electron chi connectivity index (χ1n) is 9.63. The number of carboxylic acid groups (broad SMARTS) is 2. The molecular weight excluding hydrogens is 470 g/mol. The summed E-state index contributed by atoms with van der Waals surface area (Å²) in [7, 11) is 0. The highest BCUT2D eigenvalue weighted by Gasteiger charge is 2.67. The molecule has 0 heterocycles. The number of aliphatic carboxylic acids is 2. The van der Waals surface area contributed by atoms with Gasteiger partial charge in [-0.15, -0.1) is 0 Å². The Balaban J connectivity index is 2.24. The Hall–Kier alpha value is -3.14. The lowest BCUT2D eigenvalue weighted by molar-refractivity contribution is -0.222. The van der Waals surface area contributed by atoms with Gasteiger partial charge in [0.1, 0.15) is 0 Å². The van der Waals surface area contributed by atoms with Crippen LogP contribution in [0.3, 0.4) is 0 Å². The maximum absolute atomic E-state index is 13.8. The fraction of sp³-hybridized carbons (Fsp3) is 0.318. The Bertz CT molecular complexity index is 1030. The standard InChI is InChI=1S/C22H20ClF4NO5/c1-12(18(29)30)9-17(28-19(31)21(24,25)22(26,27)20(32)33)10-13-5-7-14(8-6-13)15-3-2-4-16(23)11-15/h2-8,11-12,17H,9-10H2,1H3,(H,28,31)(H,29,30)(H,32,33)/t12-,17?/m0/s1. The Labute approximate surface area is 191 Å². The average Bonchev–Trinajstić information content (AvgIpc) is 2.73. The molecule has 0 spiro atoms. The highest BCUT2D eigenvalue weighted by molar-refractivity contribution is 6.30. The van der Waals surface area contributed by atoms with Crippen LogP contribution in [-0.2, 0) is 20.8 Å². The number of nitrogens with one attached hydrogen (secondary N) is 1. The third kappa shape index (κ3) is 6.22. The fourth-order valence-corrected chi connectivity index (χ4v) is 3.25. The van der Waals surface area contributed by atoms with Gasteiger partial charge in [-0.1, -0.05) is 54.9 Å². The van der Waals surface area contributed by atoms with E-state index in [0.29, 0.717) is 10.6 Å². The topological polar surface area (TPSA) is 104 Å². The number of carboxylic acids is 2. The first-order chi connectivity index (χ1) is 15.3. The lowest BCUT2D eigenvalue weighted by atomic mass is 9.94. The lowest BCUT2D eigenvalue weighted by Crippen LogP contribution is -2.58. The normalized spacial score (nSPS) is 13.8. The zero-order valence-corrected chi connectivity index (χ0v) is 18.0. The second-order valence-electron chi connectivity index (χ2n) is 7.51. The molecular formula is C22H20ClF4NO5. The van der Waals surface area contributed by atoms with Crippen LogP contribution in [0, 0.1) is 5.92 Å². The fourth-order valence-electron chi connectivity index (χ4n) is 3.06. The summed E-state index contributed by atoms with van der Waals surface area (Å²) in [6, 6.07) is 12.3. The molecule has 0 aromatic heterocycles. The van der Waals surface area contributed by atoms with Crippen molar-refractivity contribution in [3.8, 4) is 11.1 Å². The summed E-state index contributed by atoms with van der Waals surface area (Å²) in [5.74, 6) is -19.2. The van der Waals surface area contributed by atoms with Gasteiger partial charge in [0.15, 0.2) is 0 Å². The highest BCUT2D eigenvalue weighted by atomic mass is 35.5. The van der Waals surface area contributed by atoms with Gasteiger partial charge in [-0.05, 0) is 41.7 Å². The van der Waals surface area contributed by atoms with Crippen molar-refractivity contribution in [1.82, 2.24) is 5.32 Å². The van der Waals surface area contributed by atoms with E-state index in [1.54, 1.807) is 47.8 Å². The second-order valence-corrected chi connectivity index (χ2v) is 7.95. The van der Waals surface area contributed by atoms with E-state index in [0.717, 1.165) is 11.1 Å². The first kappa shape index (κ1) is 26.1. The summed E-state index contributed by atoms with van der Waals surface area (Å²) in [6.07, 6.45) is -0.514. The summed E-state index contributed by atoms with van der Waals surface area (Å²) in [5.41, 5.74) is 2.07. The number of carbonyl (C=O) groups is 3. The molecule has 0 fully saturated rings. The van der Waals surface area contributed by atoms with Gasteiger partial charge in [0.05, 0.1) is 5.92 Å². The van der Waals surface area contributed by atoms with Gasteiger partial charge in [-0.25, -0.2) is 4.79 Å². The predicted octanol–water partition coefficient (Wildman–Crippen LogP) is 4.50. The number of alkyl halides is 4. The Morgan fingerprint density at radius 2 is 1.58 bits per heavy atom. The number of rotatable bonds is 10. The van der Waals surface area contributed by atoms with Crippen molar-refractivity contribution >= 4 is 29.4 Å². The first-order valence-corrected chi connectivity index (χ1v) is 10.0. The number of hydrogen-bond donors (Lipinski definition) is 3. The van der Waals surface area contributed by atoms with Gasteiger partial charge >= 0.3 is 23.8 Å². The van der Waals surface area contributed by atoms with Gasteiger partial charge in [-0.3, -0.25) is 9.59 Å². The van der Waals surface area contributed by atoms with Gasteiger partial charge in [0, 0.05) is 11.1 Å². The summed E-state index contributed by atoms with van der Waals surface area (Å²) >= 11 is 5.97. The van der Waals surface area contributed by atoms with Crippen molar-refractivity contribution < 1.29 is 42.2 Å². The molecule has 0 aliphatic carbocycles. The monoisotopic (exact) mass is 489 g/mol. The van der Waals surface area contributed by atoms with E-state index in [9.17, 15) is 31.9 Å². The third-order valence-electron chi connectivity index (χ3n) is 4.94. The maximum Gasteiger partial charge on any atom is 0.413 e. The second kappa shape index (κ2) is 10.2. The van der Waals surface area contributed by atoms with E-state index in [1.165, 1.54) is 6.92 Å². The average molecular weight is 490 g/mol. The molecule has 2 rings (SSSR count). The van der Waals surface area contributed by atoms with Crippen LogP contribution in [0.4, 0.5) is 17.6 Å². The largest absolute Gasteiger partial charge is 0.481 e. The molecule has 11 heteroatoms. The van der Waals surface area contributed by atoms with Crippen LogP contribution < -0.4 is 5.32 Å². The number of benzene rings is 2. The minimum absolute atomic E-state index is 0.159. The van der Waals surface area contributed by atoms with Crippen LogP contribution >= 0.6 is 11.6 Å². The van der Waals surface area contributed by atoms with Crippen LogP contribution in [0.25, 0.3) is 11.1 Å². The Morgan fingerprint density at radius 1 is 0.970 bits per heavy atom. The Kier molecular flexibility index (Phi) is 8.07. The van der Waals surface area contributed by atoms with Crippen molar-refractivity contribution in [3.63, 3.8) is 0 Å². The van der Waals surface area contributed by atoms with Crippen LogP contribution in [0.1, 0.15) is 18.9 Å². The predicted molar refractivity (Wildman–Crippen MR) is 111 cm³/mol. The molecule has 33 heavy (non-hydrogen) atoms. The van der Waals surface area contributed by atoms with E-state index in [4.69, 9.17) is 21.8 Å². The lowest BCUT2D eigenvalue weighted by Gasteiger charge is -2.26. The molecule has 6 nitrogen and oxygen atoms in total. The van der Waals surface area contributed by atoms with E-state index in [2.05, 4.69) is 0 Å². The molecule has 2 aromatic carbocycles. The molecule has 0 radical (unpaired) electrons. The number of amides is 1. The maximum atomic E-state index is 13.8. The molecule has 0 aliphatic rings. The molecule has 0 bridgehead atoms. The van der Waals surface area contributed by atoms with Crippen LogP contribution in [-0.4, -0.2) is 45.9 Å². The van der Waals surface area contributed by atoms with Crippen molar-refractivity contribution in [1.29, 1.82) is 0 Å². The number of carbonyl (C=O) groups excluding carboxylic acids is 1. The van der Waals surface area contributed by atoms with E-state index in [-0.39, 0.29) is 12.8 Å². The van der Waals surface area contributed by atoms with Gasteiger partial charge in [0.2, 0.25) is 0 Å². The molecule has 0 saturated carbocycles. The molecule has 3 N–H and O–H groups in total. The van der Waals surface area contributed by atoms with Crippen LogP contribution in [0.15, 0.2) is 48.5 Å². The van der Waals surface area contributed by atoms with Crippen molar-refractivity contribution in [2.45, 2.75) is 37.7 Å². The smallest absolute Gasteiger partial charge is 0.413 e. The minimum atomic E-state index is -5.64. The zero-order valence-electron chi connectivity index (χ0n) is 17.2. The molecule has 0 aliphatic heterocycles. The molecule has 2 atom stereocenters. The van der Waals surface area contributed by atoms with Gasteiger partial charge in [-0.2, -0.15) is 17.6 Å². The number of halogens is 5. The number of hydrogen-bond acceptors (Lipinski definition) is 3. The summed E-state index contributed by atoms with van der Waals surface area (Å²) in [5, 5.41) is 19.7. The SMILES string of the molecule is C[C@@H](CC(Cc1ccc(-c2cccc(Cl)c2)cc1)NC(=O)C(F)(F)C(F)(F)C(=O)O)C(=O)O. The van der Waals surface area contributed by atoms with Crippen LogP contribution in [0.2, 0.25) is 5.02 Å². The minimum Gasteiger partial charge on any atom is -0.481 e. The van der Waals surface area contributed by atoms with Crippen molar-refractivity contribution in [3.05, 3.63) is 59.1 Å². The van der Waals surface area contributed by atoms with E-state index >= 15 is 0 Å². The quantitative estimate of drug-likeness (QED) is 0.426. The third-order valence-corrected chi connectivity index (χ3v) is 5.17. The highest BCUT2D eigenvalue weighted by Crippen LogP contribution is 2.35. The van der Waals surface area contributed by atoms with Crippen molar-refractivity contribution in [2.75, 3.05) is 0 Å². The van der Waals surface area contributed by atoms with Crippen molar-refractivity contribution in [2.24, 2.45) is 5.92 Å². The van der Waals surface area contributed by atoms with E-state index in [1.807, 2.05) is 6.07 Å². The van der Waals surface area contributed by atoms with Gasteiger partial charge < -0.3 is 15.5 Å². The Morgan fingerprint density at radius 3 is 2.09 bits per heavy atom. The molecule has 1 unspecified atom stereocenters. The van der Waals surface area contributed by atoms with E-state index < -0.39 is 41.7 Å². The van der Waals surface area contributed by atoms with Gasteiger partial charge in [0.25, 0.3) is 5.91 Å². The summed E-state index contributed by atoms with van der Waals surface area (Å²) < 4.78 is 54.4. The molecule has 178 valence electrons. The molecule has 1 amide bonds. The zero-order chi connectivity index (χ0) is 25.0.